The lowest BCUT2D eigenvalue weighted by atomic mass is 10.1. The second kappa shape index (κ2) is 4.41. The van der Waals surface area contributed by atoms with Crippen LogP contribution in [0.15, 0.2) is 17.1 Å². The Kier molecular flexibility index (Phi) is 3.11. The van der Waals surface area contributed by atoms with Gasteiger partial charge in [0.2, 0.25) is 0 Å². The number of anilines is 1. The van der Waals surface area contributed by atoms with Crippen LogP contribution in [0.2, 0.25) is 0 Å². The highest BCUT2D eigenvalue weighted by molar-refractivity contribution is 5.28. The average Bonchev–Trinajstić information content (AvgIpc) is 2.57. The molecule has 8 heteroatoms. The Hall–Kier alpha value is -1.48. The Morgan fingerprint density at radius 2 is 2.18 bits per heavy atom. The summed E-state index contributed by atoms with van der Waals surface area (Å²) in [6.07, 6.45) is -2.49. The van der Waals surface area contributed by atoms with E-state index in [4.69, 9.17) is 9.94 Å². The fourth-order valence-corrected chi connectivity index (χ4v) is 1.73. The highest BCUT2D eigenvalue weighted by Crippen LogP contribution is 2.27. The number of ether oxygens (including phenoxy) is 1. The molecule has 0 radical (unpaired) electrons. The molecule has 2 heterocycles. The van der Waals surface area contributed by atoms with Crippen molar-refractivity contribution in [2.45, 2.75) is 31.5 Å². The average molecular weight is 243 g/mol. The van der Waals surface area contributed by atoms with Crippen molar-refractivity contribution in [3.05, 3.63) is 22.7 Å². The molecule has 0 saturated carbocycles. The minimum absolute atomic E-state index is 0.00710. The van der Waals surface area contributed by atoms with Gasteiger partial charge in [0.15, 0.2) is 12.0 Å². The number of aliphatic hydroxyl groups is 2. The summed E-state index contributed by atoms with van der Waals surface area (Å²) in [5, 5.41) is 27.8. The molecule has 1 aliphatic heterocycles. The molecule has 4 atom stereocenters. The molecule has 0 bridgehead atoms. The smallest absolute Gasteiger partial charge is 0.351 e. The maximum absolute atomic E-state index is 11.6. The van der Waals surface area contributed by atoms with Crippen LogP contribution in [-0.4, -0.2) is 43.3 Å². The molecule has 0 spiro atoms. The first-order valence-electron chi connectivity index (χ1n) is 5.05. The Balaban J connectivity index is 2.32. The summed E-state index contributed by atoms with van der Waals surface area (Å²) in [6.45, 7) is 1.59. The molecule has 1 aliphatic rings. The van der Waals surface area contributed by atoms with Crippen LogP contribution in [0, 0.1) is 0 Å². The molecular weight excluding hydrogens is 230 g/mol. The van der Waals surface area contributed by atoms with E-state index in [0.717, 1.165) is 4.57 Å². The number of aliphatic hydroxyl groups excluding tert-OH is 2. The van der Waals surface area contributed by atoms with Crippen LogP contribution >= 0.6 is 0 Å². The molecule has 0 aliphatic carbocycles. The Morgan fingerprint density at radius 3 is 2.65 bits per heavy atom. The number of rotatable bonds is 2. The third-order valence-corrected chi connectivity index (χ3v) is 2.70. The van der Waals surface area contributed by atoms with Gasteiger partial charge in [0.05, 0.1) is 6.10 Å². The summed E-state index contributed by atoms with van der Waals surface area (Å²) >= 11 is 0. The topological polar surface area (TPSA) is 117 Å². The van der Waals surface area contributed by atoms with Crippen LogP contribution in [-0.2, 0) is 4.74 Å². The molecule has 8 nitrogen and oxygen atoms in total. The van der Waals surface area contributed by atoms with E-state index in [9.17, 15) is 15.0 Å². The van der Waals surface area contributed by atoms with E-state index in [1.54, 1.807) is 12.4 Å². The molecule has 1 aromatic rings. The molecule has 1 fully saturated rings. The lowest BCUT2D eigenvalue weighted by Crippen LogP contribution is -2.35. The Morgan fingerprint density at radius 1 is 1.47 bits per heavy atom. The monoisotopic (exact) mass is 243 g/mol. The summed E-state index contributed by atoms with van der Waals surface area (Å²) < 4.78 is 6.32. The lowest BCUT2D eigenvalue weighted by molar-refractivity contribution is -0.0350. The minimum Gasteiger partial charge on any atom is -0.388 e. The fraction of sp³-hybridized carbons (Fsp3) is 0.556. The van der Waals surface area contributed by atoms with Crippen molar-refractivity contribution < 1.29 is 20.2 Å². The van der Waals surface area contributed by atoms with Crippen molar-refractivity contribution in [1.29, 1.82) is 0 Å². The Labute approximate surface area is 96.1 Å². The van der Waals surface area contributed by atoms with Gasteiger partial charge in [-0.1, -0.05) is 0 Å². The van der Waals surface area contributed by atoms with E-state index in [0.29, 0.717) is 0 Å². The van der Waals surface area contributed by atoms with Crippen molar-refractivity contribution in [3.63, 3.8) is 0 Å². The standard InChI is InChI=1S/C9H13N3O5/c1-4-6(13)7(14)8(17-4)12-3-2-5(11-16)10-9(12)15/h2-4,6-8,13-14,16H,1H3,(H,10,11,15)/t4-,6+,7+,8-/m1/s1. The first kappa shape index (κ1) is 12.0. The summed E-state index contributed by atoms with van der Waals surface area (Å²) in [5.74, 6) is -0.00710. The van der Waals surface area contributed by atoms with Gasteiger partial charge in [0.1, 0.15) is 12.2 Å². The van der Waals surface area contributed by atoms with Crippen LogP contribution in [0.4, 0.5) is 5.82 Å². The summed E-state index contributed by atoms with van der Waals surface area (Å²) in [4.78, 5) is 15.1. The molecule has 0 aromatic carbocycles. The number of nitrogens with zero attached hydrogens (tertiary/aromatic N) is 2. The first-order valence-corrected chi connectivity index (χ1v) is 5.05. The number of nitrogens with one attached hydrogen (secondary N) is 1. The highest BCUT2D eigenvalue weighted by Gasteiger charge is 2.41. The zero-order valence-electron chi connectivity index (χ0n) is 9.02. The molecular formula is C9H13N3O5. The van der Waals surface area contributed by atoms with E-state index in [-0.39, 0.29) is 5.82 Å². The highest BCUT2D eigenvalue weighted by atomic mass is 16.6. The van der Waals surface area contributed by atoms with E-state index < -0.39 is 30.2 Å². The van der Waals surface area contributed by atoms with E-state index in [2.05, 4.69) is 4.98 Å². The normalized spacial score (nSPS) is 32.7. The first-order chi connectivity index (χ1) is 8.04. The number of aromatic nitrogens is 2. The third kappa shape index (κ3) is 2.03. The van der Waals surface area contributed by atoms with Crippen LogP contribution in [0.1, 0.15) is 13.2 Å². The maximum Gasteiger partial charge on any atom is 0.351 e. The minimum atomic E-state index is -1.20. The van der Waals surface area contributed by atoms with Gasteiger partial charge in [-0.3, -0.25) is 15.3 Å². The zero-order valence-corrected chi connectivity index (χ0v) is 9.02. The van der Waals surface area contributed by atoms with Crippen LogP contribution in [0.3, 0.4) is 0 Å². The number of hydrogen-bond donors (Lipinski definition) is 4. The predicted octanol–water partition coefficient (Wildman–Crippen LogP) is -1.32. The van der Waals surface area contributed by atoms with Crippen LogP contribution in [0.25, 0.3) is 0 Å². The van der Waals surface area contributed by atoms with Gasteiger partial charge in [-0.05, 0) is 13.0 Å². The van der Waals surface area contributed by atoms with E-state index in [1.807, 2.05) is 0 Å². The van der Waals surface area contributed by atoms with Gasteiger partial charge in [0.25, 0.3) is 0 Å². The van der Waals surface area contributed by atoms with Gasteiger partial charge in [-0.25, -0.2) is 4.79 Å². The predicted molar refractivity (Wildman–Crippen MR) is 55.5 cm³/mol. The van der Waals surface area contributed by atoms with Gasteiger partial charge >= 0.3 is 5.69 Å². The number of hydrogen-bond acceptors (Lipinski definition) is 7. The largest absolute Gasteiger partial charge is 0.388 e. The molecule has 0 amide bonds. The van der Waals surface area contributed by atoms with Gasteiger partial charge in [0, 0.05) is 6.20 Å². The molecule has 17 heavy (non-hydrogen) atoms. The van der Waals surface area contributed by atoms with E-state index in [1.165, 1.54) is 12.3 Å². The van der Waals surface area contributed by atoms with Crippen LogP contribution in [0.5, 0.6) is 0 Å². The van der Waals surface area contributed by atoms with Gasteiger partial charge in [-0.15, -0.1) is 0 Å². The zero-order chi connectivity index (χ0) is 12.6. The summed E-state index contributed by atoms with van der Waals surface area (Å²) in [6, 6.07) is 1.34. The summed E-state index contributed by atoms with van der Waals surface area (Å²) in [7, 11) is 0. The van der Waals surface area contributed by atoms with Crippen molar-refractivity contribution in [2.75, 3.05) is 5.48 Å². The van der Waals surface area contributed by atoms with E-state index >= 15 is 0 Å². The quantitative estimate of drug-likeness (QED) is 0.476. The fourth-order valence-electron chi connectivity index (χ4n) is 1.73. The Bertz CT molecular complexity index is 462. The van der Waals surface area contributed by atoms with Crippen molar-refractivity contribution in [1.82, 2.24) is 9.55 Å². The maximum atomic E-state index is 11.6. The molecule has 0 unspecified atom stereocenters. The molecule has 1 aromatic heterocycles. The van der Waals surface area contributed by atoms with Crippen molar-refractivity contribution in [3.8, 4) is 0 Å². The molecule has 94 valence electrons. The van der Waals surface area contributed by atoms with Crippen molar-refractivity contribution >= 4 is 5.82 Å². The van der Waals surface area contributed by atoms with Gasteiger partial charge in [-0.2, -0.15) is 4.98 Å². The SMILES string of the molecule is C[C@H]1O[C@@H](n2ccc(NO)nc2=O)[C@@H](O)[C@H]1O. The second-order valence-electron chi connectivity index (χ2n) is 3.83. The third-order valence-electron chi connectivity index (χ3n) is 2.70. The lowest BCUT2D eigenvalue weighted by Gasteiger charge is -2.16. The van der Waals surface area contributed by atoms with Crippen LogP contribution < -0.4 is 11.2 Å². The van der Waals surface area contributed by atoms with Crippen molar-refractivity contribution in [2.24, 2.45) is 0 Å². The summed E-state index contributed by atoms with van der Waals surface area (Å²) in [5.41, 5.74) is 1.04. The molecule has 1 saturated heterocycles. The van der Waals surface area contributed by atoms with Gasteiger partial charge < -0.3 is 14.9 Å². The second-order valence-corrected chi connectivity index (χ2v) is 3.83. The molecule has 4 N–H and O–H groups in total. The molecule has 2 rings (SSSR count).